The molecule has 14 heavy (non-hydrogen) atoms. The Kier molecular flexibility index (Phi) is 2.05. The second-order valence-electron chi connectivity index (χ2n) is 2.68. The van der Waals surface area contributed by atoms with E-state index in [0.717, 1.165) is 5.01 Å². The highest BCUT2D eigenvalue weighted by molar-refractivity contribution is 7.13. The molecule has 2 rings (SSSR count). The van der Waals surface area contributed by atoms with E-state index in [0.29, 0.717) is 5.69 Å². The van der Waals surface area contributed by atoms with Crippen LogP contribution in [0.4, 0.5) is 0 Å². The molecule has 0 saturated carbocycles. The van der Waals surface area contributed by atoms with Crippen LogP contribution in [0, 0.1) is 0 Å². The zero-order valence-electron chi connectivity index (χ0n) is 7.34. The molecule has 2 heterocycles. The van der Waals surface area contributed by atoms with Gasteiger partial charge in [-0.05, 0) is 0 Å². The van der Waals surface area contributed by atoms with E-state index in [2.05, 4.69) is 10.1 Å². The van der Waals surface area contributed by atoms with Crippen LogP contribution in [0.2, 0.25) is 0 Å². The van der Waals surface area contributed by atoms with Gasteiger partial charge >= 0.3 is 5.97 Å². The van der Waals surface area contributed by atoms with Crippen molar-refractivity contribution in [2.24, 2.45) is 7.05 Å². The molecule has 0 amide bonds. The Balaban J connectivity index is 2.48. The van der Waals surface area contributed by atoms with Crippen LogP contribution in [-0.2, 0) is 7.05 Å². The lowest BCUT2D eigenvalue weighted by Gasteiger charge is -1.91. The van der Waals surface area contributed by atoms with Gasteiger partial charge in [0.05, 0.1) is 0 Å². The van der Waals surface area contributed by atoms with E-state index in [-0.39, 0.29) is 5.69 Å². The van der Waals surface area contributed by atoms with Crippen molar-refractivity contribution in [2.75, 3.05) is 0 Å². The maximum atomic E-state index is 10.7. The van der Waals surface area contributed by atoms with E-state index >= 15 is 0 Å². The predicted molar refractivity (Wildman–Crippen MR) is 51.3 cm³/mol. The van der Waals surface area contributed by atoms with Crippen molar-refractivity contribution < 1.29 is 9.90 Å². The normalized spacial score (nSPS) is 10.4. The molecule has 0 bridgehead atoms. The highest BCUT2D eigenvalue weighted by Crippen LogP contribution is 2.20. The lowest BCUT2D eigenvalue weighted by molar-refractivity contribution is 0.0685. The van der Waals surface area contributed by atoms with Crippen LogP contribution >= 0.6 is 11.3 Å². The second-order valence-corrected chi connectivity index (χ2v) is 3.58. The van der Waals surface area contributed by atoms with E-state index in [1.807, 2.05) is 5.38 Å². The minimum Gasteiger partial charge on any atom is -0.477 e. The average Bonchev–Trinajstić information content (AvgIpc) is 2.70. The third-order valence-corrected chi connectivity index (χ3v) is 2.55. The first kappa shape index (κ1) is 8.89. The van der Waals surface area contributed by atoms with Crippen molar-refractivity contribution in [3.05, 3.63) is 23.3 Å². The summed E-state index contributed by atoms with van der Waals surface area (Å²) in [5.41, 5.74) is 0.759. The van der Waals surface area contributed by atoms with E-state index < -0.39 is 5.97 Å². The van der Waals surface area contributed by atoms with Gasteiger partial charge in [-0.3, -0.25) is 4.68 Å². The summed E-state index contributed by atoms with van der Waals surface area (Å²) in [6.45, 7) is 0. The highest BCUT2D eigenvalue weighted by Gasteiger charge is 2.13. The maximum Gasteiger partial charge on any atom is 0.354 e. The van der Waals surface area contributed by atoms with Gasteiger partial charge in [-0.15, -0.1) is 11.3 Å². The van der Waals surface area contributed by atoms with E-state index in [9.17, 15) is 4.79 Å². The SMILES string of the molecule is Cn1nc(-c2nccs2)cc1C(=O)O. The molecular formula is C8H7N3O2S. The van der Waals surface area contributed by atoms with Crippen LogP contribution in [0.3, 0.4) is 0 Å². The van der Waals surface area contributed by atoms with E-state index in [1.54, 1.807) is 13.2 Å². The Morgan fingerprint density at radius 3 is 2.93 bits per heavy atom. The quantitative estimate of drug-likeness (QED) is 0.808. The van der Waals surface area contributed by atoms with E-state index in [4.69, 9.17) is 5.11 Å². The summed E-state index contributed by atoms with van der Waals surface area (Å²) in [6.07, 6.45) is 1.66. The number of aryl methyl sites for hydroxylation is 1. The van der Waals surface area contributed by atoms with Crippen molar-refractivity contribution in [1.29, 1.82) is 0 Å². The molecule has 5 nitrogen and oxygen atoms in total. The Morgan fingerprint density at radius 2 is 2.43 bits per heavy atom. The number of carboxylic acid groups (broad SMARTS) is 1. The maximum absolute atomic E-state index is 10.7. The number of carboxylic acids is 1. The number of hydrogen-bond donors (Lipinski definition) is 1. The van der Waals surface area contributed by atoms with Crippen LogP contribution in [0.1, 0.15) is 10.5 Å². The Hall–Kier alpha value is -1.69. The fourth-order valence-electron chi connectivity index (χ4n) is 1.12. The van der Waals surface area contributed by atoms with Gasteiger partial charge in [-0.25, -0.2) is 9.78 Å². The lowest BCUT2D eigenvalue weighted by Crippen LogP contribution is -2.04. The molecule has 0 fully saturated rings. The molecule has 0 atom stereocenters. The van der Waals surface area contributed by atoms with Gasteiger partial charge in [-0.1, -0.05) is 0 Å². The molecule has 2 aromatic rings. The van der Waals surface area contributed by atoms with Crippen LogP contribution < -0.4 is 0 Å². The summed E-state index contributed by atoms with van der Waals surface area (Å²) >= 11 is 1.43. The van der Waals surface area contributed by atoms with Gasteiger partial charge in [0, 0.05) is 24.7 Å². The molecule has 0 saturated heterocycles. The van der Waals surface area contributed by atoms with Crippen LogP contribution in [0.25, 0.3) is 10.7 Å². The Labute approximate surface area is 83.6 Å². The lowest BCUT2D eigenvalue weighted by atomic mass is 10.3. The molecule has 2 aromatic heterocycles. The molecule has 0 aromatic carbocycles. The van der Waals surface area contributed by atoms with Crippen molar-refractivity contribution in [3.63, 3.8) is 0 Å². The van der Waals surface area contributed by atoms with Crippen molar-refractivity contribution in [1.82, 2.24) is 14.8 Å². The summed E-state index contributed by atoms with van der Waals surface area (Å²) in [7, 11) is 1.60. The molecule has 0 aliphatic carbocycles. The summed E-state index contributed by atoms with van der Waals surface area (Å²) < 4.78 is 1.33. The zero-order valence-corrected chi connectivity index (χ0v) is 8.15. The summed E-state index contributed by atoms with van der Waals surface area (Å²) in [5, 5.41) is 15.4. The van der Waals surface area contributed by atoms with Gasteiger partial charge in [0.25, 0.3) is 0 Å². The molecule has 0 spiro atoms. The second kappa shape index (κ2) is 3.22. The van der Waals surface area contributed by atoms with E-state index in [1.165, 1.54) is 22.1 Å². The van der Waals surface area contributed by atoms with Gasteiger partial charge in [0.15, 0.2) is 0 Å². The van der Waals surface area contributed by atoms with Crippen LogP contribution in [0.5, 0.6) is 0 Å². The molecule has 0 aliphatic heterocycles. The zero-order chi connectivity index (χ0) is 10.1. The van der Waals surface area contributed by atoms with Crippen molar-refractivity contribution in [3.8, 4) is 10.7 Å². The third kappa shape index (κ3) is 1.39. The number of carbonyl (C=O) groups is 1. The third-order valence-electron chi connectivity index (χ3n) is 1.75. The molecule has 6 heteroatoms. The summed E-state index contributed by atoms with van der Waals surface area (Å²) in [6, 6.07) is 1.52. The molecular weight excluding hydrogens is 202 g/mol. The number of hydrogen-bond acceptors (Lipinski definition) is 4. The van der Waals surface area contributed by atoms with Gasteiger partial charge in [0.1, 0.15) is 16.4 Å². The largest absolute Gasteiger partial charge is 0.477 e. The molecule has 0 radical (unpaired) electrons. The van der Waals surface area contributed by atoms with Crippen molar-refractivity contribution >= 4 is 17.3 Å². The fourth-order valence-corrected chi connectivity index (χ4v) is 1.71. The molecule has 1 N–H and O–H groups in total. The standard InChI is InChI=1S/C8H7N3O2S/c1-11-6(8(12)13)4-5(10-11)7-9-2-3-14-7/h2-4H,1H3,(H,12,13). The van der Waals surface area contributed by atoms with Gasteiger partial charge in [-0.2, -0.15) is 5.10 Å². The topological polar surface area (TPSA) is 68.0 Å². The number of aromatic nitrogens is 3. The van der Waals surface area contributed by atoms with Crippen LogP contribution in [-0.4, -0.2) is 25.8 Å². The minimum absolute atomic E-state index is 0.162. The fraction of sp³-hybridized carbons (Fsp3) is 0.125. The first-order valence-electron chi connectivity index (χ1n) is 3.85. The molecule has 0 aliphatic rings. The highest BCUT2D eigenvalue weighted by atomic mass is 32.1. The number of rotatable bonds is 2. The van der Waals surface area contributed by atoms with Gasteiger partial charge in [0.2, 0.25) is 0 Å². The van der Waals surface area contributed by atoms with Crippen molar-refractivity contribution in [2.45, 2.75) is 0 Å². The smallest absolute Gasteiger partial charge is 0.354 e. The average molecular weight is 209 g/mol. The number of thiazole rings is 1. The Morgan fingerprint density at radius 1 is 1.64 bits per heavy atom. The van der Waals surface area contributed by atoms with Crippen LogP contribution in [0.15, 0.2) is 17.6 Å². The molecule has 72 valence electrons. The summed E-state index contributed by atoms with van der Waals surface area (Å²) in [5.74, 6) is -0.984. The first-order chi connectivity index (χ1) is 6.68. The summed E-state index contributed by atoms with van der Waals surface area (Å²) in [4.78, 5) is 14.8. The molecule has 0 unspecified atom stereocenters. The monoisotopic (exact) mass is 209 g/mol. The first-order valence-corrected chi connectivity index (χ1v) is 4.73. The predicted octanol–water partition coefficient (Wildman–Crippen LogP) is 1.24. The number of nitrogens with zero attached hydrogens (tertiary/aromatic N) is 3. The Bertz CT molecular complexity index is 461. The minimum atomic E-state index is -0.984. The van der Waals surface area contributed by atoms with Gasteiger partial charge < -0.3 is 5.11 Å². The number of aromatic carboxylic acids is 1.